The molecule has 1 atom stereocenters. The molecule has 29 heavy (non-hydrogen) atoms. The number of aromatic amines is 1. The molecule has 2 aliphatic rings. The standard InChI is InChI=1S/C22H29N5O2/c1-22(2)11-8-17(16-6-4-5-7-18(16)22)20(28)26(3)15-9-12-27(13-10-15)21(29)19-14-23-25-24-19/h4-7,14-15,17H,8-13H2,1-3H3,(H,23,24,25). The van der Waals surface area contributed by atoms with Gasteiger partial charge in [-0.3, -0.25) is 9.59 Å². The van der Waals surface area contributed by atoms with Crippen LogP contribution in [0.25, 0.3) is 0 Å². The first-order chi connectivity index (χ1) is 13.9. The molecule has 1 aromatic carbocycles. The molecule has 2 heterocycles. The van der Waals surface area contributed by atoms with Crippen LogP contribution in [-0.4, -0.2) is 63.2 Å². The normalized spacial score (nSPS) is 21.5. The summed E-state index contributed by atoms with van der Waals surface area (Å²) in [6.45, 7) is 5.78. The number of H-pyrrole nitrogens is 1. The number of fused-ring (bicyclic) bond motifs is 1. The van der Waals surface area contributed by atoms with E-state index in [2.05, 4.69) is 47.5 Å². The van der Waals surface area contributed by atoms with E-state index in [9.17, 15) is 9.59 Å². The fourth-order valence-corrected chi connectivity index (χ4v) is 4.82. The summed E-state index contributed by atoms with van der Waals surface area (Å²) in [6.07, 6.45) is 4.92. The highest BCUT2D eigenvalue weighted by Gasteiger charge is 2.38. The maximum absolute atomic E-state index is 13.4. The van der Waals surface area contributed by atoms with Crippen molar-refractivity contribution >= 4 is 11.8 Å². The number of likely N-dealkylation sites (N-methyl/N-ethyl adjacent to an activating group) is 1. The van der Waals surface area contributed by atoms with E-state index in [0.29, 0.717) is 18.8 Å². The average molecular weight is 396 g/mol. The minimum Gasteiger partial charge on any atom is -0.342 e. The topological polar surface area (TPSA) is 82.2 Å². The molecule has 1 aromatic heterocycles. The summed E-state index contributed by atoms with van der Waals surface area (Å²) in [4.78, 5) is 29.6. The van der Waals surface area contributed by atoms with Crippen molar-refractivity contribution in [1.82, 2.24) is 25.2 Å². The van der Waals surface area contributed by atoms with Gasteiger partial charge >= 0.3 is 0 Å². The summed E-state index contributed by atoms with van der Waals surface area (Å²) >= 11 is 0. The van der Waals surface area contributed by atoms with Gasteiger partial charge in [-0.1, -0.05) is 38.1 Å². The highest BCUT2D eigenvalue weighted by Crippen LogP contribution is 2.43. The average Bonchev–Trinajstić information content (AvgIpc) is 3.27. The first kappa shape index (κ1) is 19.6. The molecular weight excluding hydrogens is 366 g/mol. The third-order valence-corrected chi connectivity index (χ3v) is 6.70. The second-order valence-corrected chi connectivity index (χ2v) is 8.89. The third kappa shape index (κ3) is 3.66. The van der Waals surface area contributed by atoms with Crippen molar-refractivity contribution < 1.29 is 9.59 Å². The molecule has 7 heteroatoms. The summed E-state index contributed by atoms with van der Waals surface area (Å²) in [5, 5.41) is 10.1. The maximum atomic E-state index is 13.4. The molecule has 1 unspecified atom stereocenters. The van der Waals surface area contributed by atoms with Gasteiger partial charge in [-0.15, -0.1) is 0 Å². The van der Waals surface area contributed by atoms with E-state index in [-0.39, 0.29) is 29.2 Å². The van der Waals surface area contributed by atoms with Crippen molar-refractivity contribution in [2.75, 3.05) is 20.1 Å². The second kappa shape index (κ2) is 7.61. The molecule has 1 aliphatic carbocycles. The van der Waals surface area contributed by atoms with E-state index in [4.69, 9.17) is 0 Å². The van der Waals surface area contributed by atoms with Crippen LogP contribution in [-0.2, 0) is 10.2 Å². The number of benzene rings is 1. The van der Waals surface area contributed by atoms with Gasteiger partial charge in [0.05, 0.1) is 12.1 Å². The number of nitrogens with one attached hydrogen (secondary N) is 1. The summed E-state index contributed by atoms with van der Waals surface area (Å²) < 4.78 is 0. The summed E-state index contributed by atoms with van der Waals surface area (Å²) in [7, 11) is 1.92. The Balaban J connectivity index is 1.42. The van der Waals surface area contributed by atoms with Crippen molar-refractivity contribution in [2.24, 2.45) is 0 Å². The number of likely N-dealkylation sites (tertiary alicyclic amines) is 1. The van der Waals surface area contributed by atoms with Crippen LogP contribution in [0.4, 0.5) is 0 Å². The minimum absolute atomic E-state index is 0.0704. The molecule has 1 saturated heterocycles. The molecule has 2 aromatic rings. The van der Waals surface area contributed by atoms with Crippen molar-refractivity contribution in [3.05, 3.63) is 47.3 Å². The lowest BCUT2D eigenvalue weighted by Crippen LogP contribution is -2.49. The molecule has 7 nitrogen and oxygen atoms in total. The van der Waals surface area contributed by atoms with Gasteiger partial charge < -0.3 is 9.80 Å². The number of nitrogens with zero attached hydrogens (tertiary/aromatic N) is 4. The van der Waals surface area contributed by atoms with Gasteiger partial charge in [-0.25, -0.2) is 0 Å². The monoisotopic (exact) mass is 395 g/mol. The first-order valence-electron chi connectivity index (χ1n) is 10.4. The van der Waals surface area contributed by atoms with E-state index in [1.165, 1.54) is 17.3 Å². The Bertz CT molecular complexity index is 884. The zero-order chi connectivity index (χ0) is 20.6. The lowest BCUT2D eigenvalue weighted by Gasteiger charge is -2.41. The Morgan fingerprint density at radius 2 is 1.90 bits per heavy atom. The Morgan fingerprint density at radius 3 is 2.59 bits per heavy atom. The highest BCUT2D eigenvalue weighted by molar-refractivity contribution is 5.92. The molecule has 0 spiro atoms. The number of aromatic nitrogens is 3. The molecule has 1 fully saturated rings. The van der Waals surface area contributed by atoms with Crippen molar-refractivity contribution in [3.63, 3.8) is 0 Å². The molecule has 0 saturated carbocycles. The zero-order valence-corrected chi connectivity index (χ0v) is 17.4. The Kier molecular flexibility index (Phi) is 5.15. The van der Waals surface area contributed by atoms with Gasteiger partial charge in [-0.2, -0.15) is 15.4 Å². The molecule has 1 aliphatic heterocycles. The SMILES string of the molecule is CN(C(=O)C1CCC(C)(C)c2ccccc21)C1CCN(C(=O)c2cn[nH]n2)CC1. The van der Waals surface area contributed by atoms with Gasteiger partial charge in [0.15, 0.2) is 5.69 Å². The molecule has 0 radical (unpaired) electrons. The number of carbonyl (C=O) groups is 2. The van der Waals surface area contributed by atoms with E-state index >= 15 is 0 Å². The number of carbonyl (C=O) groups excluding carboxylic acids is 2. The summed E-state index contributed by atoms with van der Waals surface area (Å²) in [5.74, 6) is 0.0304. The molecular formula is C22H29N5O2. The van der Waals surface area contributed by atoms with Crippen LogP contribution in [0.3, 0.4) is 0 Å². The predicted molar refractivity (Wildman–Crippen MR) is 110 cm³/mol. The molecule has 154 valence electrons. The van der Waals surface area contributed by atoms with Crippen LogP contribution < -0.4 is 0 Å². The highest BCUT2D eigenvalue weighted by atomic mass is 16.2. The Morgan fingerprint density at radius 1 is 1.17 bits per heavy atom. The van der Waals surface area contributed by atoms with Crippen LogP contribution in [0.1, 0.15) is 67.1 Å². The Hall–Kier alpha value is -2.70. The van der Waals surface area contributed by atoms with Crippen molar-refractivity contribution in [1.29, 1.82) is 0 Å². The number of hydrogen-bond acceptors (Lipinski definition) is 4. The van der Waals surface area contributed by atoms with Crippen molar-refractivity contribution in [3.8, 4) is 0 Å². The number of rotatable bonds is 3. The van der Waals surface area contributed by atoms with Gasteiger partial charge in [-0.05, 0) is 42.2 Å². The fraction of sp³-hybridized carbons (Fsp3) is 0.545. The quantitative estimate of drug-likeness (QED) is 0.866. The smallest absolute Gasteiger partial charge is 0.276 e. The van der Waals surface area contributed by atoms with E-state index in [1.54, 1.807) is 4.90 Å². The lowest BCUT2D eigenvalue weighted by atomic mass is 9.68. The van der Waals surface area contributed by atoms with Crippen LogP contribution in [0.15, 0.2) is 30.5 Å². The van der Waals surface area contributed by atoms with E-state index in [1.807, 2.05) is 18.0 Å². The zero-order valence-electron chi connectivity index (χ0n) is 17.4. The minimum atomic E-state index is -0.102. The summed E-state index contributed by atoms with van der Waals surface area (Å²) in [6, 6.07) is 8.55. The number of piperidine rings is 1. The molecule has 0 bridgehead atoms. The van der Waals surface area contributed by atoms with Crippen LogP contribution in [0.5, 0.6) is 0 Å². The first-order valence-corrected chi connectivity index (χ1v) is 10.4. The lowest BCUT2D eigenvalue weighted by molar-refractivity contribution is -0.134. The molecule has 2 amide bonds. The maximum Gasteiger partial charge on any atom is 0.276 e. The fourth-order valence-electron chi connectivity index (χ4n) is 4.82. The number of hydrogen-bond donors (Lipinski definition) is 1. The van der Waals surface area contributed by atoms with Crippen LogP contribution in [0, 0.1) is 0 Å². The molecule has 1 N–H and O–H groups in total. The van der Waals surface area contributed by atoms with Crippen LogP contribution in [0.2, 0.25) is 0 Å². The predicted octanol–water partition coefficient (Wildman–Crippen LogP) is 2.72. The van der Waals surface area contributed by atoms with Gasteiger partial charge in [0.25, 0.3) is 5.91 Å². The van der Waals surface area contributed by atoms with E-state index < -0.39 is 0 Å². The van der Waals surface area contributed by atoms with E-state index in [0.717, 1.165) is 25.7 Å². The number of amides is 2. The van der Waals surface area contributed by atoms with Crippen LogP contribution >= 0.6 is 0 Å². The summed E-state index contributed by atoms with van der Waals surface area (Å²) in [5.41, 5.74) is 2.93. The Labute approximate surface area is 171 Å². The van der Waals surface area contributed by atoms with Gasteiger partial charge in [0.1, 0.15) is 0 Å². The largest absolute Gasteiger partial charge is 0.342 e. The molecule has 4 rings (SSSR count). The van der Waals surface area contributed by atoms with Crippen molar-refractivity contribution in [2.45, 2.75) is 56.9 Å². The van der Waals surface area contributed by atoms with Gasteiger partial charge in [0.2, 0.25) is 5.91 Å². The second-order valence-electron chi connectivity index (χ2n) is 8.89. The van der Waals surface area contributed by atoms with Gasteiger partial charge in [0, 0.05) is 26.2 Å². The third-order valence-electron chi connectivity index (χ3n) is 6.70.